The summed E-state index contributed by atoms with van der Waals surface area (Å²) in [5.74, 6) is 1.00. The zero-order valence-electron chi connectivity index (χ0n) is 12.3. The molecule has 0 amide bonds. The van der Waals surface area contributed by atoms with Gasteiger partial charge in [0.1, 0.15) is 5.82 Å². The first-order chi connectivity index (χ1) is 10.4. The molecule has 0 saturated heterocycles. The molecule has 0 aliphatic carbocycles. The quantitative estimate of drug-likeness (QED) is 0.706. The molecule has 4 heteroatoms. The van der Waals surface area contributed by atoms with Crippen LogP contribution in [-0.4, -0.2) is 21.1 Å². The Morgan fingerprint density at radius 1 is 1.00 bits per heavy atom. The molecule has 4 nitrogen and oxygen atoms in total. The summed E-state index contributed by atoms with van der Waals surface area (Å²) in [5, 5.41) is 11.9. The van der Waals surface area contributed by atoms with Crippen molar-refractivity contribution in [2.24, 2.45) is 0 Å². The van der Waals surface area contributed by atoms with E-state index in [1.807, 2.05) is 28.8 Å². The Hall–Kier alpha value is -2.20. The van der Waals surface area contributed by atoms with Gasteiger partial charge in [-0.1, -0.05) is 37.3 Å². The van der Waals surface area contributed by atoms with Crippen LogP contribution < -0.4 is 5.32 Å². The number of fused-ring (bicyclic) bond motifs is 1. The van der Waals surface area contributed by atoms with E-state index in [9.17, 15) is 0 Å². The molecule has 0 radical (unpaired) electrons. The first-order valence-electron chi connectivity index (χ1n) is 7.44. The normalized spacial score (nSPS) is 11.1. The predicted octanol–water partition coefficient (Wildman–Crippen LogP) is 2.62. The fourth-order valence-electron chi connectivity index (χ4n) is 2.56. The summed E-state index contributed by atoms with van der Waals surface area (Å²) >= 11 is 0. The molecule has 0 spiro atoms. The van der Waals surface area contributed by atoms with Gasteiger partial charge in [-0.3, -0.25) is 4.40 Å². The van der Waals surface area contributed by atoms with Gasteiger partial charge in [0.15, 0.2) is 5.65 Å². The number of nitrogens with zero attached hydrogens (tertiary/aromatic N) is 3. The van der Waals surface area contributed by atoms with E-state index >= 15 is 0 Å². The van der Waals surface area contributed by atoms with Crippen molar-refractivity contribution < 1.29 is 0 Å². The maximum Gasteiger partial charge on any atom is 0.160 e. The first kappa shape index (κ1) is 13.8. The summed E-state index contributed by atoms with van der Waals surface area (Å²) in [6.45, 7) is 4.00. The Morgan fingerprint density at radius 3 is 2.67 bits per heavy atom. The Labute approximate surface area is 124 Å². The lowest BCUT2D eigenvalue weighted by Gasteiger charge is -2.08. The molecule has 2 heterocycles. The molecule has 0 unspecified atom stereocenters. The zero-order valence-corrected chi connectivity index (χ0v) is 12.3. The van der Waals surface area contributed by atoms with E-state index in [1.54, 1.807) is 0 Å². The average Bonchev–Trinajstić information content (AvgIpc) is 2.95. The Kier molecular flexibility index (Phi) is 4.26. The Morgan fingerprint density at radius 2 is 1.81 bits per heavy atom. The number of aryl methyl sites for hydroxylation is 1. The fourth-order valence-corrected chi connectivity index (χ4v) is 2.56. The van der Waals surface area contributed by atoms with Crippen molar-refractivity contribution in [2.75, 3.05) is 6.54 Å². The molecule has 0 saturated carbocycles. The van der Waals surface area contributed by atoms with Crippen molar-refractivity contribution in [3.8, 4) is 0 Å². The van der Waals surface area contributed by atoms with Gasteiger partial charge in [0, 0.05) is 25.7 Å². The van der Waals surface area contributed by atoms with Crippen LogP contribution in [0.15, 0.2) is 48.7 Å². The van der Waals surface area contributed by atoms with Crippen molar-refractivity contribution in [1.29, 1.82) is 0 Å². The van der Waals surface area contributed by atoms with Crippen molar-refractivity contribution in [2.45, 2.75) is 26.3 Å². The standard InChI is InChI=1S/C17H20N4/c1-2-14-7-3-4-8-15(14)13-18-11-10-17-20-19-16-9-5-6-12-21(16)17/h3-9,12,18H,2,10-11,13H2,1H3. The maximum atomic E-state index is 4.25. The van der Waals surface area contributed by atoms with Gasteiger partial charge in [0.25, 0.3) is 0 Å². The lowest BCUT2D eigenvalue weighted by Crippen LogP contribution is -2.18. The van der Waals surface area contributed by atoms with Crippen LogP contribution in [0.5, 0.6) is 0 Å². The first-order valence-corrected chi connectivity index (χ1v) is 7.44. The van der Waals surface area contributed by atoms with Gasteiger partial charge >= 0.3 is 0 Å². The zero-order chi connectivity index (χ0) is 14.5. The minimum atomic E-state index is 0.874. The number of benzene rings is 1. The van der Waals surface area contributed by atoms with Crippen molar-refractivity contribution in [3.63, 3.8) is 0 Å². The molecule has 1 aromatic carbocycles. The lowest BCUT2D eigenvalue weighted by atomic mass is 10.1. The minimum absolute atomic E-state index is 0.874. The monoisotopic (exact) mass is 280 g/mol. The number of pyridine rings is 1. The number of rotatable bonds is 6. The lowest BCUT2D eigenvalue weighted by molar-refractivity contribution is 0.663. The minimum Gasteiger partial charge on any atom is -0.312 e. The summed E-state index contributed by atoms with van der Waals surface area (Å²) in [5.41, 5.74) is 3.70. The highest BCUT2D eigenvalue weighted by Gasteiger charge is 2.04. The number of aromatic nitrogens is 3. The van der Waals surface area contributed by atoms with E-state index in [0.29, 0.717) is 0 Å². The average molecular weight is 280 g/mol. The van der Waals surface area contributed by atoms with Crippen molar-refractivity contribution in [3.05, 3.63) is 65.6 Å². The number of hydrogen-bond donors (Lipinski definition) is 1. The van der Waals surface area contributed by atoms with Crippen LogP contribution in [0.3, 0.4) is 0 Å². The molecule has 1 N–H and O–H groups in total. The maximum absolute atomic E-state index is 4.25. The van der Waals surface area contributed by atoms with Gasteiger partial charge < -0.3 is 5.32 Å². The molecule has 0 bridgehead atoms. The highest BCUT2D eigenvalue weighted by Crippen LogP contribution is 2.09. The van der Waals surface area contributed by atoms with Crippen LogP contribution in [0, 0.1) is 0 Å². The van der Waals surface area contributed by atoms with E-state index < -0.39 is 0 Å². The smallest absolute Gasteiger partial charge is 0.160 e. The topological polar surface area (TPSA) is 42.2 Å². The molecule has 3 rings (SSSR count). The summed E-state index contributed by atoms with van der Waals surface area (Å²) in [7, 11) is 0. The third kappa shape index (κ3) is 3.11. The fraction of sp³-hybridized carbons (Fsp3) is 0.294. The third-order valence-electron chi connectivity index (χ3n) is 3.72. The summed E-state index contributed by atoms with van der Waals surface area (Å²) in [4.78, 5) is 0. The van der Waals surface area contributed by atoms with E-state index in [1.165, 1.54) is 11.1 Å². The van der Waals surface area contributed by atoms with Crippen LogP contribution in [-0.2, 0) is 19.4 Å². The van der Waals surface area contributed by atoms with E-state index in [0.717, 1.165) is 37.4 Å². The van der Waals surface area contributed by atoms with Crippen LogP contribution in [0.1, 0.15) is 23.9 Å². The van der Waals surface area contributed by atoms with Crippen LogP contribution in [0.2, 0.25) is 0 Å². The largest absolute Gasteiger partial charge is 0.312 e. The summed E-state index contributed by atoms with van der Waals surface area (Å²) in [6.07, 6.45) is 3.96. The molecular formula is C17H20N4. The summed E-state index contributed by atoms with van der Waals surface area (Å²) in [6, 6.07) is 14.5. The van der Waals surface area contributed by atoms with Crippen molar-refractivity contribution in [1.82, 2.24) is 19.9 Å². The second kappa shape index (κ2) is 6.50. The van der Waals surface area contributed by atoms with Gasteiger partial charge in [0.05, 0.1) is 0 Å². The second-order valence-electron chi connectivity index (χ2n) is 5.09. The molecule has 0 fully saturated rings. The SMILES string of the molecule is CCc1ccccc1CNCCc1nnc2ccccn12. The second-order valence-corrected chi connectivity index (χ2v) is 5.09. The number of nitrogens with one attached hydrogen (secondary N) is 1. The molecule has 2 aromatic heterocycles. The van der Waals surface area contributed by atoms with Crippen LogP contribution in [0.4, 0.5) is 0 Å². The van der Waals surface area contributed by atoms with Gasteiger partial charge in [-0.05, 0) is 29.7 Å². The van der Waals surface area contributed by atoms with Crippen LogP contribution in [0.25, 0.3) is 5.65 Å². The van der Waals surface area contributed by atoms with Gasteiger partial charge in [-0.2, -0.15) is 0 Å². The molecule has 21 heavy (non-hydrogen) atoms. The highest BCUT2D eigenvalue weighted by atomic mass is 15.2. The molecular weight excluding hydrogens is 260 g/mol. The van der Waals surface area contributed by atoms with E-state index in [2.05, 4.69) is 46.7 Å². The Bertz CT molecular complexity index is 717. The van der Waals surface area contributed by atoms with Gasteiger partial charge in [0.2, 0.25) is 0 Å². The predicted molar refractivity (Wildman–Crippen MR) is 84.2 cm³/mol. The van der Waals surface area contributed by atoms with Crippen LogP contribution >= 0.6 is 0 Å². The molecule has 0 aliphatic rings. The summed E-state index contributed by atoms with van der Waals surface area (Å²) < 4.78 is 2.04. The molecule has 108 valence electrons. The molecule has 0 atom stereocenters. The Balaban J connectivity index is 1.57. The number of hydrogen-bond acceptors (Lipinski definition) is 3. The van der Waals surface area contributed by atoms with E-state index in [-0.39, 0.29) is 0 Å². The highest BCUT2D eigenvalue weighted by molar-refractivity contribution is 5.37. The third-order valence-corrected chi connectivity index (χ3v) is 3.72. The van der Waals surface area contributed by atoms with Gasteiger partial charge in [-0.15, -0.1) is 10.2 Å². The van der Waals surface area contributed by atoms with E-state index in [4.69, 9.17) is 0 Å². The molecule has 3 aromatic rings. The molecule has 0 aliphatic heterocycles. The van der Waals surface area contributed by atoms with Crippen molar-refractivity contribution >= 4 is 5.65 Å². The van der Waals surface area contributed by atoms with Gasteiger partial charge in [-0.25, -0.2) is 0 Å².